The van der Waals surface area contributed by atoms with E-state index in [-0.39, 0.29) is 17.9 Å². The van der Waals surface area contributed by atoms with Crippen LogP contribution in [0, 0.1) is 0 Å². The summed E-state index contributed by atoms with van der Waals surface area (Å²) in [4.78, 5) is 19.7. The molecular formula is C27H30N4O3S. The number of amides is 1. The van der Waals surface area contributed by atoms with Crippen LogP contribution in [-0.4, -0.2) is 27.8 Å². The van der Waals surface area contributed by atoms with Crippen LogP contribution in [0.4, 0.5) is 5.69 Å². The molecule has 8 heteroatoms. The zero-order chi connectivity index (χ0) is 24.4. The molecule has 0 radical (unpaired) electrons. The highest BCUT2D eigenvalue weighted by molar-refractivity contribution is 7.99. The van der Waals surface area contributed by atoms with Gasteiger partial charge in [0, 0.05) is 11.5 Å². The number of fused-ring (bicyclic) bond motifs is 3. The Balaban J connectivity index is 1.75. The Kier molecular flexibility index (Phi) is 6.90. The summed E-state index contributed by atoms with van der Waals surface area (Å²) in [5.74, 6) is 1.10. The van der Waals surface area contributed by atoms with Crippen LogP contribution < -0.4 is 19.4 Å². The first-order chi connectivity index (χ1) is 17.1. The molecule has 182 valence electrons. The summed E-state index contributed by atoms with van der Waals surface area (Å²) in [6, 6.07) is 15.4. The van der Waals surface area contributed by atoms with Crippen molar-refractivity contribution in [3.8, 4) is 22.9 Å². The molecule has 1 saturated carbocycles. The quantitative estimate of drug-likeness (QED) is 0.355. The molecule has 0 saturated heterocycles. The number of benzene rings is 2. The Morgan fingerprint density at radius 2 is 1.89 bits per heavy atom. The molecule has 7 nitrogen and oxygen atoms in total. The van der Waals surface area contributed by atoms with Gasteiger partial charge in [-0.25, -0.2) is 9.88 Å². The summed E-state index contributed by atoms with van der Waals surface area (Å²) in [5.41, 5.74) is 2.57. The van der Waals surface area contributed by atoms with E-state index in [0.29, 0.717) is 28.5 Å². The molecule has 1 aliphatic heterocycles. The van der Waals surface area contributed by atoms with Gasteiger partial charge in [-0.15, -0.1) is 0 Å². The standard InChI is InChI=1S/C27H30N4O3S/c1-3-11-23(32)30-21-16-9-7-14-19(21)24-25(33)28-27(35-4-2)29-31(24)26(30)20-15-8-10-17-22(20)34-18-12-5-6-13-18/h7-10,14-18,26H,3-6,11-13H2,1-2H3. The van der Waals surface area contributed by atoms with E-state index in [1.807, 2.05) is 62.4 Å². The van der Waals surface area contributed by atoms with Crippen LogP contribution in [0.3, 0.4) is 0 Å². The van der Waals surface area contributed by atoms with Crippen LogP contribution >= 0.6 is 11.8 Å². The van der Waals surface area contributed by atoms with E-state index in [1.54, 1.807) is 9.58 Å². The van der Waals surface area contributed by atoms with Gasteiger partial charge in [-0.2, -0.15) is 0 Å². The molecule has 1 aromatic heterocycles. The molecule has 2 aliphatic rings. The predicted octanol–water partition coefficient (Wildman–Crippen LogP) is 4.63. The van der Waals surface area contributed by atoms with Crippen molar-refractivity contribution in [1.29, 1.82) is 0 Å². The molecule has 0 spiro atoms. The summed E-state index contributed by atoms with van der Waals surface area (Å²) in [5, 5.41) is 18.6. The number of carbonyl (C=O) groups is 1. The Morgan fingerprint density at radius 3 is 2.66 bits per heavy atom. The third-order valence-corrected chi connectivity index (χ3v) is 7.24. The van der Waals surface area contributed by atoms with Crippen LogP contribution in [0.2, 0.25) is 0 Å². The van der Waals surface area contributed by atoms with Crippen molar-refractivity contribution in [3.63, 3.8) is 0 Å². The third kappa shape index (κ3) is 4.47. The largest absolute Gasteiger partial charge is 0.854 e. The fourth-order valence-electron chi connectivity index (χ4n) is 5.00. The Bertz CT molecular complexity index is 1230. The van der Waals surface area contributed by atoms with Crippen LogP contribution in [0.5, 0.6) is 11.6 Å². The maximum Gasteiger partial charge on any atom is 0.296 e. The predicted molar refractivity (Wildman–Crippen MR) is 133 cm³/mol. The molecular weight excluding hydrogens is 460 g/mol. The van der Waals surface area contributed by atoms with Crippen molar-refractivity contribution in [2.45, 2.75) is 69.8 Å². The van der Waals surface area contributed by atoms with Gasteiger partial charge in [0.1, 0.15) is 5.75 Å². The first kappa shape index (κ1) is 23.6. The van der Waals surface area contributed by atoms with Gasteiger partial charge >= 0.3 is 0 Å². The third-order valence-electron chi connectivity index (χ3n) is 6.52. The first-order valence-electron chi connectivity index (χ1n) is 12.4. The van der Waals surface area contributed by atoms with Gasteiger partial charge in [-0.1, -0.05) is 54.6 Å². The second-order valence-electron chi connectivity index (χ2n) is 8.89. The number of hydrogen-bond acceptors (Lipinski definition) is 6. The molecule has 2 heterocycles. The summed E-state index contributed by atoms with van der Waals surface area (Å²) < 4.78 is 8.18. The molecule has 5 rings (SSSR count). The van der Waals surface area contributed by atoms with E-state index in [9.17, 15) is 9.90 Å². The molecule has 2 aromatic carbocycles. The molecule has 0 bridgehead atoms. The SMILES string of the molecule is CCCC(=O)N1c2ccccc2-c2c([O-])nc(SCC)n[n+]2C1c1ccccc1OC1CCCC1. The summed E-state index contributed by atoms with van der Waals surface area (Å²) in [6.07, 6.45) is 4.97. The van der Waals surface area contributed by atoms with Gasteiger partial charge in [-0.3, -0.25) is 4.79 Å². The van der Waals surface area contributed by atoms with Crippen LogP contribution in [0.25, 0.3) is 11.3 Å². The molecule has 1 amide bonds. The first-order valence-corrected chi connectivity index (χ1v) is 13.4. The number of carbonyl (C=O) groups excluding carboxylic acids is 1. The zero-order valence-electron chi connectivity index (χ0n) is 20.1. The highest BCUT2D eigenvalue weighted by atomic mass is 32.2. The van der Waals surface area contributed by atoms with Crippen molar-refractivity contribution >= 4 is 23.4 Å². The lowest BCUT2D eigenvalue weighted by atomic mass is 10.00. The van der Waals surface area contributed by atoms with Gasteiger partial charge < -0.3 is 9.84 Å². The van der Waals surface area contributed by atoms with Crippen molar-refractivity contribution in [1.82, 2.24) is 10.1 Å². The molecule has 35 heavy (non-hydrogen) atoms. The fourth-order valence-corrected chi connectivity index (χ4v) is 5.55. The number of thioether (sulfide) groups is 1. The minimum atomic E-state index is -0.650. The summed E-state index contributed by atoms with van der Waals surface area (Å²) in [6.45, 7) is 3.99. The van der Waals surface area contributed by atoms with E-state index in [0.717, 1.165) is 49.2 Å². The summed E-state index contributed by atoms with van der Waals surface area (Å²) in [7, 11) is 0. The van der Waals surface area contributed by atoms with Crippen LogP contribution in [0.1, 0.15) is 64.1 Å². The lowest BCUT2D eigenvalue weighted by molar-refractivity contribution is -0.764. The minimum Gasteiger partial charge on any atom is -0.854 e. The van der Waals surface area contributed by atoms with E-state index in [1.165, 1.54) is 11.8 Å². The van der Waals surface area contributed by atoms with Crippen molar-refractivity contribution in [2.24, 2.45) is 0 Å². The van der Waals surface area contributed by atoms with Crippen LogP contribution in [-0.2, 0) is 4.79 Å². The number of rotatable bonds is 7. The molecule has 1 unspecified atom stereocenters. The van der Waals surface area contributed by atoms with Crippen LogP contribution in [0.15, 0.2) is 53.7 Å². The molecule has 1 aliphatic carbocycles. The molecule has 3 aromatic rings. The highest BCUT2D eigenvalue weighted by Gasteiger charge is 2.46. The number of ether oxygens (including phenoxy) is 1. The lowest BCUT2D eigenvalue weighted by Gasteiger charge is -2.34. The van der Waals surface area contributed by atoms with Gasteiger partial charge in [0.2, 0.25) is 5.91 Å². The maximum atomic E-state index is 13.7. The second kappa shape index (κ2) is 10.2. The number of anilines is 1. The zero-order valence-corrected chi connectivity index (χ0v) is 21.0. The lowest BCUT2D eigenvalue weighted by Crippen LogP contribution is -2.59. The smallest absolute Gasteiger partial charge is 0.296 e. The van der Waals surface area contributed by atoms with Gasteiger partial charge in [0.25, 0.3) is 17.0 Å². The number of aromatic nitrogens is 3. The average Bonchev–Trinajstić information content (AvgIpc) is 3.37. The minimum absolute atomic E-state index is 0.0190. The Labute approximate surface area is 210 Å². The van der Waals surface area contributed by atoms with E-state index in [2.05, 4.69) is 4.98 Å². The molecule has 1 fully saturated rings. The Hall–Kier alpha value is -3.13. The fraction of sp³-hybridized carbons (Fsp3) is 0.407. The molecule has 0 N–H and O–H groups in total. The van der Waals surface area contributed by atoms with Crippen molar-refractivity contribution < 1.29 is 19.3 Å². The van der Waals surface area contributed by atoms with E-state index >= 15 is 0 Å². The monoisotopic (exact) mass is 490 g/mol. The average molecular weight is 491 g/mol. The summed E-state index contributed by atoms with van der Waals surface area (Å²) >= 11 is 1.41. The van der Waals surface area contributed by atoms with Crippen molar-refractivity contribution in [3.05, 3.63) is 54.1 Å². The number of hydrogen-bond donors (Lipinski definition) is 0. The normalized spacial score (nSPS) is 17.2. The van der Waals surface area contributed by atoms with E-state index in [4.69, 9.17) is 9.84 Å². The van der Waals surface area contributed by atoms with Gasteiger partial charge in [-0.05, 0) is 62.1 Å². The second-order valence-corrected chi connectivity index (χ2v) is 10.1. The highest BCUT2D eigenvalue weighted by Crippen LogP contribution is 2.43. The van der Waals surface area contributed by atoms with E-state index < -0.39 is 6.17 Å². The Morgan fingerprint density at radius 1 is 1.14 bits per heavy atom. The van der Waals surface area contributed by atoms with Crippen molar-refractivity contribution in [2.75, 3.05) is 10.7 Å². The van der Waals surface area contributed by atoms with Gasteiger partial charge in [0.05, 0.1) is 28.8 Å². The number of nitrogens with zero attached hydrogens (tertiary/aromatic N) is 4. The number of para-hydroxylation sites is 2. The maximum absolute atomic E-state index is 13.7. The molecule has 1 atom stereocenters. The topological polar surface area (TPSA) is 82.3 Å². The van der Waals surface area contributed by atoms with Gasteiger partial charge in [0.15, 0.2) is 0 Å².